The summed E-state index contributed by atoms with van der Waals surface area (Å²) >= 11 is 1.79. The fourth-order valence-corrected chi connectivity index (χ4v) is 3.29. The maximum Gasteiger partial charge on any atom is 0.0239 e. The van der Waals surface area contributed by atoms with Crippen LogP contribution in [0.3, 0.4) is 0 Å². The summed E-state index contributed by atoms with van der Waals surface area (Å²) < 4.78 is 0. The number of hydrogen-bond donors (Lipinski definition) is 1. The van der Waals surface area contributed by atoms with Crippen molar-refractivity contribution in [1.82, 2.24) is 10.2 Å². The molecule has 0 bridgehead atoms. The molecule has 3 heteroatoms. The molecule has 0 saturated carbocycles. The van der Waals surface area contributed by atoms with Crippen molar-refractivity contribution in [2.75, 3.05) is 26.7 Å². The average molecular weight is 282 g/mol. The van der Waals surface area contributed by atoms with Crippen molar-refractivity contribution < 1.29 is 0 Å². The highest BCUT2D eigenvalue weighted by molar-refractivity contribution is 7.07. The molecule has 0 atom stereocenters. The van der Waals surface area contributed by atoms with Crippen LogP contribution < -0.4 is 5.32 Å². The Kier molecular flexibility index (Phi) is 7.66. The predicted octanol–water partition coefficient (Wildman–Crippen LogP) is 3.99. The van der Waals surface area contributed by atoms with Crippen molar-refractivity contribution in [1.29, 1.82) is 0 Å². The second-order valence-corrected chi connectivity index (χ2v) is 6.47. The Morgan fingerprint density at radius 2 is 2.00 bits per heavy atom. The molecule has 0 fully saturated rings. The summed E-state index contributed by atoms with van der Waals surface area (Å²) in [6.07, 6.45) is 3.70. The van der Waals surface area contributed by atoms with Crippen LogP contribution in [0, 0.1) is 5.41 Å². The molecule has 0 spiro atoms. The molecule has 0 saturated heterocycles. The Labute approximate surface area is 123 Å². The third-order valence-electron chi connectivity index (χ3n) is 4.06. The van der Waals surface area contributed by atoms with Crippen LogP contribution in [0.15, 0.2) is 16.8 Å². The first kappa shape index (κ1) is 16.7. The van der Waals surface area contributed by atoms with Crippen LogP contribution in [0.5, 0.6) is 0 Å². The maximum atomic E-state index is 3.62. The molecule has 0 radical (unpaired) electrons. The smallest absolute Gasteiger partial charge is 0.0239 e. The second kappa shape index (κ2) is 8.72. The summed E-state index contributed by atoms with van der Waals surface area (Å²) in [4.78, 5) is 2.47. The molecule has 0 amide bonds. The zero-order valence-electron chi connectivity index (χ0n) is 13.0. The summed E-state index contributed by atoms with van der Waals surface area (Å²) in [5.41, 5.74) is 1.86. The molecule has 110 valence electrons. The van der Waals surface area contributed by atoms with E-state index in [0.717, 1.165) is 19.6 Å². The largest absolute Gasteiger partial charge is 0.316 e. The number of hydrogen-bond acceptors (Lipinski definition) is 3. The van der Waals surface area contributed by atoms with Gasteiger partial charge in [-0.25, -0.2) is 0 Å². The van der Waals surface area contributed by atoms with E-state index in [1.165, 1.54) is 31.4 Å². The van der Waals surface area contributed by atoms with Gasteiger partial charge in [-0.3, -0.25) is 0 Å². The topological polar surface area (TPSA) is 15.3 Å². The molecule has 0 unspecified atom stereocenters. The van der Waals surface area contributed by atoms with Gasteiger partial charge in [0.05, 0.1) is 0 Å². The van der Waals surface area contributed by atoms with E-state index in [9.17, 15) is 0 Å². The summed E-state index contributed by atoms with van der Waals surface area (Å²) in [5, 5.41) is 8.04. The SMILES string of the molecule is CCCNCC(CC)(CC)CN(C)Cc1ccsc1. The summed E-state index contributed by atoms with van der Waals surface area (Å²) in [5.74, 6) is 0. The zero-order chi connectivity index (χ0) is 14.1. The predicted molar refractivity (Wildman–Crippen MR) is 86.8 cm³/mol. The lowest BCUT2D eigenvalue weighted by molar-refractivity contribution is 0.151. The standard InChI is InChI=1S/C16H30N2S/c1-5-9-17-13-16(6-2,7-3)14-18(4)11-15-8-10-19-12-15/h8,10,12,17H,5-7,9,11,13-14H2,1-4H3. The number of rotatable bonds is 10. The molecule has 1 aromatic heterocycles. The average Bonchev–Trinajstić information content (AvgIpc) is 2.90. The number of nitrogens with zero attached hydrogens (tertiary/aromatic N) is 1. The molecule has 1 heterocycles. The number of nitrogens with one attached hydrogen (secondary N) is 1. The monoisotopic (exact) mass is 282 g/mol. The van der Waals surface area contributed by atoms with Gasteiger partial charge in [-0.2, -0.15) is 11.3 Å². The van der Waals surface area contributed by atoms with Crippen molar-refractivity contribution in [3.63, 3.8) is 0 Å². The minimum absolute atomic E-state index is 0.417. The summed E-state index contributed by atoms with van der Waals surface area (Å²) in [6, 6.07) is 2.23. The van der Waals surface area contributed by atoms with Crippen LogP contribution in [0.1, 0.15) is 45.6 Å². The van der Waals surface area contributed by atoms with Gasteiger partial charge in [-0.05, 0) is 60.7 Å². The van der Waals surface area contributed by atoms with Crippen molar-refractivity contribution in [3.8, 4) is 0 Å². The van der Waals surface area contributed by atoms with Gasteiger partial charge in [0, 0.05) is 19.6 Å². The van der Waals surface area contributed by atoms with E-state index in [-0.39, 0.29) is 0 Å². The third-order valence-corrected chi connectivity index (χ3v) is 4.80. The molecular weight excluding hydrogens is 252 g/mol. The Morgan fingerprint density at radius 3 is 2.53 bits per heavy atom. The fourth-order valence-electron chi connectivity index (χ4n) is 2.63. The van der Waals surface area contributed by atoms with Gasteiger partial charge in [0.15, 0.2) is 0 Å². The van der Waals surface area contributed by atoms with Gasteiger partial charge >= 0.3 is 0 Å². The first-order valence-electron chi connectivity index (χ1n) is 7.56. The third kappa shape index (κ3) is 5.64. The lowest BCUT2D eigenvalue weighted by Crippen LogP contribution is -2.42. The van der Waals surface area contributed by atoms with Gasteiger partial charge in [-0.15, -0.1) is 0 Å². The molecule has 19 heavy (non-hydrogen) atoms. The Hall–Kier alpha value is -0.380. The van der Waals surface area contributed by atoms with Gasteiger partial charge < -0.3 is 10.2 Å². The van der Waals surface area contributed by atoms with Crippen LogP contribution in [-0.2, 0) is 6.54 Å². The summed E-state index contributed by atoms with van der Waals surface area (Å²) in [6.45, 7) is 11.4. The molecule has 0 aliphatic carbocycles. The molecular formula is C16H30N2S. The van der Waals surface area contributed by atoms with Crippen LogP contribution in [-0.4, -0.2) is 31.6 Å². The van der Waals surface area contributed by atoms with Crippen LogP contribution in [0.2, 0.25) is 0 Å². The minimum atomic E-state index is 0.417. The van der Waals surface area contributed by atoms with Gasteiger partial charge in [-0.1, -0.05) is 20.8 Å². The summed E-state index contributed by atoms with van der Waals surface area (Å²) in [7, 11) is 2.25. The van der Waals surface area contributed by atoms with E-state index < -0.39 is 0 Å². The molecule has 1 N–H and O–H groups in total. The minimum Gasteiger partial charge on any atom is -0.316 e. The Bertz CT molecular complexity index is 317. The van der Waals surface area contributed by atoms with Gasteiger partial charge in [0.25, 0.3) is 0 Å². The quantitative estimate of drug-likeness (QED) is 0.653. The lowest BCUT2D eigenvalue weighted by atomic mass is 9.81. The molecule has 2 nitrogen and oxygen atoms in total. The van der Waals surface area contributed by atoms with Crippen LogP contribution >= 0.6 is 11.3 Å². The first-order valence-corrected chi connectivity index (χ1v) is 8.50. The van der Waals surface area contributed by atoms with E-state index in [0.29, 0.717) is 5.41 Å². The van der Waals surface area contributed by atoms with E-state index in [1.807, 2.05) is 0 Å². The lowest BCUT2D eigenvalue weighted by Gasteiger charge is -2.36. The van der Waals surface area contributed by atoms with E-state index in [2.05, 4.69) is 54.9 Å². The molecule has 1 rings (SSSR count). The molecule has 0 aliphatic rings. The maximum absolute atomic E-state index is 3.62. The molecule has 0 aromatic carbocycles. The normalized spacial score (nSPS) is 12.3. The first-order chi connectivity index (χ1) is 9.15. The zero-order valence-corrected chi connectivity index (χ0v) is 13.9. The van der Waals surface area contributed by atoms with Crippen molar-refractivity contribution in [2.45, 2.75) is 46.6 Å². The highest BCUT2D eigenvalue weighted by Gasteiger charge is 2.27. The highest BCUT2D eigenvalue weighted by atomic mass is 32.1. The second-order valence-electron chi connectivity index (χ2n) is 5.69. The highest BCUT2D eigenvalue weighted by Crippen LogP contribution is 2.27. The van der Waals surface area contributed by atoms with Gasteiger partial charge in [0.1, 0.15) is 0 Å². The van der Waals surface area contributed by atoms with E-state index in [4.69, 9.17) is 0 Å². The van der Waals surface area contributed by atoms with Crippen LogP contribution in [0.4, 0.5) is 0 Å². The Morgan fingerprint density at radius 1 is 1.26 bits per heavy atom. The van der Waals surface area contributed by atoms with E-state index >= 15 is 0 Å². The van der Waals surface area contributed by atoms with Crippen molar-refractivity contribution in [2.24, 2.45) is 5.41 Å². The number of thiophene rings is 1. The van der Waals surface area contributed by atoms with E-state index in [1.54, 1.807) is 11.3 Å². The fraction of sp³-hybridized carbons (Fsp3) is 0.750. The molecule has 0 aliphatic heterocycles. The molecule has 1 aromatic rings. The van der Waals surface area contributed by atoms with Crippen LogP contribution in [0.25, 0.3) is 0 Å². The van der Waals surface area contributed by atoms with Crippen molar-refractivity contribution in [3.05, 3.63) is 22.4 Å². The van der Waals surface area contributed by atoms with Crippen molar-refractivity contribution >= 4 is 11.3 Å². The Balaban J connectivity index is 2.50. The van der Waals surface area contributed by atoms with Gasteiger partial charge in [0.2, 0.25) is 0 Å².